The lowest BCUT2D eigenvalue weighted by Gasteiger charge is -2.33. The fraction of sp³-hybridized carbons (Fsp3) is 0.636. The number of methoxy groups -OCH3 is 1. The summed E-state index contributed by atoms with van der Waals surface area (Å²) in [5.41, 5.74) is 0.734. The summed E-state index contributed by atoms with van der Waals surface area (Å²) in [7, 11) is 1.66. The topological polar surface area (TPSA) is 67.9 Å². The smallest absolute Gasteiger partial charge is 0.410 e. The molecule has 1 aromatic carbocycles. The van der Waals surface area contributed by atoms with Crippen molar-refractivity contribution in [3.05, 3.63) is 29.8 Å². The van der Waals surface area contributed by atoms with E-state index >= 15 is 0 Å². The summed E-state index contributed by atoms with van der Waals surface area (Å²) in [5.74, 6) is 0.899. The summed E-state index contributed by atoms with van der Waals surface area (Å²) < 4.78 is 10.6. The highest BCUT2D eigenvalue weighted by atomic mass is 16.6. The van der Waals surface area contributed by atoms with Gasteiger partial charge >= 0.3 is 6.09 Å². The zero-order chi connectivity index (χ0) is 20.7. The molecule has 1 saturated heterocycles. The van der Waals surface area contributed by atoms with Crippen LogP contribution in [0.25, 0.3) is 0 Å². The van der Waals surface area contributed by atoms with E-state index in [0.717, 1.165) is 18.6 Å². The lowest BCUT2D eigenvalue weighted by molar-refractivity contribution is -0.127. The molecule has 0 aliphatic carbocycles. The zero-order valence-corrected chi connectivity index (χ0v) is 17.8. The minimum Gasteiger partial charge on any atom is -0.497 e. The first-order chi connectivity index (χ1) is 13.2. The van der Waals surface area contributed by atoms with Gasteiger partial charge in [0, 0.05) is 25.0 Å². The van der Waals surface area contributed by atoms with Crippen molar-refractivity contribution in [1.29, 1.82) is 0 Å². The van der Waals surface area contributed by atoms with Crippen LogP contribution in [0.1, 0.15) is 52.5 Å². The number of nitrogens with zero attached hydrogens (tertiary/aromatic N) is 1. The summed E-state index contributed by atoms with van der Waals surface area (Å²) >= 11 is 0. The SMILES string of the molecule is COc1ccc(CCC(C)NC(=O)C2CCN(C(=O)OC(C)(C)C)CC2)cc1. The van der Waals surface area contributed by atoms with E-state index in [-0.39, 0.29) is 24.0 Å². The Bertz CT molecular complexity index is 643. The number of benzene rings is 1. The van der Waals surface area contributed by atoms with Gasteiger partial charge in [-0.05, 0) is 71.1 Å². The van der Waals surface area contributed by atoms with Gasteiger partial charge in [-0.15, -0.1) is 0 Å². The van der Waals surface area contributed by atoms with E-state index in [4.69, 9.17) is 9.47 Å². The van der Waals surface area contributed by atoms with Crippen molar-refractivity contribution >= 4 is 12.0 Å². The van der Waals surface area contributed by atoms with E-state index in [1.807, 2.05) is 39.8 Å². The number of carbonyl (C=O) groups excluding carboxylic acids is 2. The summed E-state index contributed by atoms with van der Waals surface area (Å²) in [4.78, 5) is 26.4. The van der Waals surface area contributed by atoms with E-state index in [1.165, 1.54) is 5.56 Å². The van der Waals surface area contributed by atoms with E-state index in [2.05, 4.69) is 17.4 Å². The maximum atomic E-state index is 12.5. The average Bonchev–Trinajstić information content (AvgIpc) is 2.65. The van der Waals surface area contributed by atoms with Crippen LogP contribution in [-0.4, -0.2) is 48.7 Å². The first kappa shape index (κ1) is 22.1. The van der Waals surface area contributed by atoms with Gasteiger partial charge in [-0.2, -0.15) is 0 Å². The maximum Gasteiger partial charge on any atom is 0.410 e. The third kappa shape index (κ3) is 7.06. The van der Waals surface area contributed by atoms with Crippen molar-refractivity contribution in [2.24, 2.45) is 5.92 Å². The summed E-state index contributed by atoms with van der Waals surface area (Å²) in [6.45, 7) is 8.74. The molecular weight excluding hydrogens is 356 g/mol. The van der Waals surface area contributed by atoms with Crippen LogP contribution < -0.4 is 10.1 Å². The van der Waals surface area contributed by atoms with Crippen molar-refractivity contribution in [2.75, 3.05) is 20.2 Å². The molecule has 0 saturated carbocycles. The fourth-order valence-corrected chi connectivity index (χ4v) is 3.26. The molecule has 1 aliphatic heterocycles. The molecule has 1 atom stereocenters. The van der Waals surface area contributed by atoms with Gasteiger partial charge in [0.05, 0.1) is 7.11 Å². The number of hydrogen-bond donors (Lipinski definition) is 1. The highest BCUT2D eigenvalue weighted by molar-refractivity contribution is 5.79. The molecular formula is C22H34N2O4. The molecule has 2 rings (SSSR count). The molecule has 1 N–H and O–H groups in total. The van der Waals surface area contributed by atoms with Crippen LogP contribution in [0.15, 0.2) is 24.3 Å². The van der Waals surface area contributed by atoms with Crippen molar-refractivity contribution in [3.8, 4) is 5.75 Å². The molecule has 6 nitrogen and oxygen atoms in total. The van der Waals surface area contributed by atoms with Crippen LogP contribution >= 0.6 is 0 Å². The predicted molar refractivity (Wildman–Crippen MR) is 109 cm³/mol. The average molecular weight is 391 g/mol. The lowest BCUT2D eigenvalue weighted by Crippen LogP contribution is -2.46. The standard InChI is InChI=1S/C22H34N2O4/c1-16(6-7-17-8-10-19(27-5)11-9-17)23-20(25)18-12-14-24(15-13-18)21(26)28-22(2,3)4/h8-11,16,18H,6-7,12-15H2,1-5H3,(H,23,25). The Morgan fingerprint density at radius 1 is 1.18 bits per heavy atom. The second kappa shape index (κ2) is 9.80. The van der Waals surface area contributed by atoms with Gasteiger partial charge in [0.1, 0.15) is 11.4 Å². The number of amides is 2. The Morgan fingerprint density at radius 2 is 1.79 bits per heavy atom. The molecule has 0 bridgehead atoms. The van der Waals surface area contributed by atoms with Crippen molar-refractivity contribution in [1.82, 2.24) is 10.2 Å². The number of piperidine rings is 1. The largest absolute Gasteiger partial charge is 0.497 e. The summed E-state index contributed by atoms with van der Waals surface area (Å²) in [6, 6.07) is 8.13. The molecule has 0 radical (unpaired) electrons. The molecule has 1 unspecified atom stereocenters. The van der Waals surface area contributed by atoms with Crippen molar-refractivity contribution in [2.45, 2.75) is 65.0 Å². The third-order valence-corrected chi connectivity index (χ3v) is 4.93. The Hall–Kier alpha value is -2.24. The van der Waals surface area contributed by atoms with Gasteiger partial charge in [-0.3, -0.25) is 4.79 Å². The molecule has 156 valence electrons. The molecule has 0 spiro atoms. The maximum absolute atomic E-state index is 12.5. The van der Waals surface area contributed by atoms with Crippen LogP contribution in [0.4, 0.5) is 4.79 Å². The van der Waals surface area contributed by atoms with E-state index < -0.39 is 5.60 Å². The van der Waals surface area contributed by atoms with E-state index in [1.54, 1.807) is 12.0 Å². The van der Waals surface area contributed by atoms with Gasteiger partial charge in [-0.25, -0.2) is 4.79 Å². The Labute approximate surface area is 168 Å². The Balaban J connectivity index is 1.72. The first-order valence-corrected chi connectivity index (χ1v) is 10.1. The van der Waals surface area contributed by atoms with E-state index in [9.17, 15) is 9.59 Å². The van der Waals surface area contributed by atoms with Crippen molar-refractivity contribution in [3.63, 3.8) is 0 Å². The fourth-order valence-electron chi connectivity index (χ4n) is 3.26. The lowest BCUT2D eigenvalue weighted by atomic mass is 9.95. The molecule has 1 aromatic rings. The second-order valence-electron chi connectivity index (χ2n) is 8.54. The predicted octanol–water partition coefficient (Wildman–Crippen LogP) is 3.78. The highest BCUT2D eigenvalue weighted by Crippen LogP contribution is 2.20. The molecule has 1 heterocycles. The number of rotatable bonds is 6. The monoisotopic (exact) mass is 390 g/mol. The number of ether oxygens (including phenoxy) is 2. The Kier molecular flexibility index (Phi) is 7.72. The molecule has 1 aliphatic rings. The minimum absolute atomic E-state index is 0.0397. The number of likely N-dealkylation sites (tertiary alicyclic amines) is 1. The number of nitrogens with one attached hydrogen (secondary N) is 1. The molecule has 0 aromatic heterocycles. The van der Waals surface area contributed by atoms with Crippen LogP contribution in [0.3, 0.4) is 0 Å². The number of aryl methyl sites for hydroxylation is 1. The van der Waals surface area contributed by atoms with Gasteiger partial charge < -0.3 is 19.7 Å². The van der Waals surface area contributed by atoms with Crippen molar-refractivity contribution < 1.29 is 19.1 Å². The molecule has 6 heteroatoms. The number of hydrogen-bond acceptors (Lipinski definition) is 4. The van der Waals surface area contributed by atoms with Crippen LogP contribution in [0.5, 0.6) is 5.75 Å². The van der Waals surface area contributed by atoms with Crippen LogP contribution in [0.2, 0.25) is 0 Å². The first-order valence-electron chi connectivity index (χ1n) is 10.1. The van der Waals surface area contributed by atoms with Crippen LogP contribution in [-0.2, 0) is 16.0 Å². The Morgan fingerprint density at radius 3 is 2.32 bits per heavy atom. The van der Waals surface area contributed by atoms with Gasteiger partial charge in [0.25, 0.3) is 0 Å². The summed E-state index contributed by atoms with van der Waals surface area (Å²) in [6.07, 6.45) is 2.85. The zero-order valence-electron chi connectivity index (χ0n) is 17.8. The van der Waals surface area contributed by atoms with Gasteiger partial charge in [-0.1, -0.05) is 12.1 Å². The molecule has 1 fully saturated rings. The third-order valence-electron chi connectivity index (χ3n) is 4.93. The van der Waals surface area contributed by atoms with Crippen LogP contribution in [0, 0.1) is 5.92 Å². The molecule has 28 heavy (non-hydrogen) atoms. The summed E-state index contributed by atoms with van der Waals surface area (Å²) in [5, 5.41) is 3.13. The highest BCUT2D eigenvalue weighted by Gasteiger charge is 2.30. The molecule has 2 amide bonds. The number of carbonyl (C=O) groups is 2. The van der Waals surface area contributed by atoms with Gasteiger partial charge in [0.2, 0.25) is 5.91 Å². The quantitative estimate of drug-likeness (QED) is 0.803. The van der Waals surface area contributed by atoms with E-state index in [0.29, 0.717) is 25.9 Å². The normalized spacial score (nSPS) is 16.4. The second-order valence-corrected chi connectivity index (χ2v) is 8.54. The van der Waals surface area contributed by atoms with Gasteiger partial charge in [0.15, 0.2) is 0 Å². The minimum atomic E-state index is -0.495.